The fourth-order valence-corrected chi connectivity index (χ4v) is 8.41. The minimum Gasteiger partial charge on any atom is -0.504 e. The van der Waals surface area contributed by atoms with Crippen LogP contribution in [0.25, 0.3) is 22.5 Å². The fraction of sp³-hybridized carbons (Fsp3) is 0.426. The third-order valence-electron chi connectivity index (χ3n) is 11.7. The van der Waals surface area contributed by atoms with E-state index in [1.807, 2.05) is 37.6 Å². The molecule has 0 aliphatic carbocycles. The molecule has 1 aliphatic heterocycles. The first kappa shape index (κ1) is 55.6. The van der Waals surface area contributed by atoms with Gasteiger partial charge in [-0.1, -0.05) is 69.6 Å². The van der Waals surface area contributed by atoms with Crippen LogP contribution >= 0.6 is 11.6 Å². The van der Waals surface area contributed by atoms with Gasteiger partial charge in [0.15, 0.2) is 28.9 Å². The van der Waals surface area contributed by atoms with Crippen LogP contribution in [0.2, 0.25) is 5.15 Å². The van der Waals surface area contributed by atoms with Crippen molar-refractivity contribution in [3.63, 3.8) is 0 Å². The third-order valence-corrected chi connectivity index (χ3v) is 12.5. The fourth-order valence-electron chi connectivity index (χ4n) is 7.69. The molecule has 0 saturated carbocycles. The van der Waals surface area contributed by atoms with E-state index in [2.05, 4.69) is 15.3 Å². The molecule has 4 bridgehead atoms. The molecule has 2 heterocycles. The number of nitrogens with one attached hydrogen (secondary N) is 2. The lowest BCUT2D eigenvalue weighted by Gasteiger charge is -2.32. The summed E-state index contributed by atoms with van der Waals surface area (Å²) in [4.78, 5) is 79.5. The first-order chi connectivity index (χ1) is 33.2. The number of aliphatic hydroxyl groups is 2. The second-order valence-electron chi connectivity index (χ2n) is 18.3. The molecule has 0 spiro atoms. The molecule has 1 aromatic heterocycles. The van der Waals surface area contributed by atoms with Crippen LogP contribution in [0, 0.1) is 11.8 Å². The Hall–Kier alpha value is -6.31. The van der Waals surface area contributed by atoms with Gasteiger partial charge in [0.1, 0.15) is 54.2 Å². The Kier molecular flexibility index (Phi) is 18.2. The number of Topliss-reactive ketones (excluding diaryl/α,β-unsaturated/α-hetero) is 2. The number of anilines is 1. The van der Waals surface area contributed by atoms with Crippen molar-refractivity contribution in [3.05, 3.63) is 82.0 Å². The summed E-state index contributed by atoms with van der Waals surface area (Å²) in [7, 11) is -3.34. The van der Waals surface area contributed by atoms with Crippen molar-refractivity contribution in [2.75, 3.05) is 45.6 Å². The van der Waals surface area contributed by atoms with Gasteiger partial charge >= 0.3 is 5.97 Å². The van der Waals surface area contributed by atoms with E-state index in [4.69, 9.17) is 43.4 Å². The number of carbonyl (C=O) groups is 5. The van der Waals surface area contributed by atoms with Gasteiger partial charge in [-0.25, -0.2) is 24.6 Å². The summed E-state index contributed by atoms with van der Waals surface area (Å²) in [6.45, 7) is 5.42. The number of hydrogen-bond acceptors (Lipinski definition) is 17. The molecule has 0 saturated heterocycles. The number of aliphatic hydroxyl groups excluding tert-OH is 2. The number of hydrogen-bond donors (Lipinski definition) is 10. The van der Waals surface area contributed by atoms with Gasteiger partial charge in [0, 0.05) is 68.6 Å². The summed E-state index contributed by atoms with van der Waals surface area (Å²) in [5.41, 5.74) is 18.8. The molecule has 3 aromatic carbocycles. The number of carboxylic acids is 1. The number of phenolic OH excluding ortho intramolecular Hbond substituents is 1. The number of benzene rings is 3. The van der Waals surface area contributed by atoms with Crippen molar-refractivity contribution in [1.29, 1.82) is 0 Å². The number of nitrogen functional groups attached to an aromatic ring is 1. The van der Waals surface area contributed by atoms with E-state index in [1.165, 1.54) is 44.3 Å². The minimum absolute atomic E-state index is 0.0200. The number of ether oxygens (including phenoxy) is 2. The number of likely N-dealkylation sites (N-methyl/N-ethyl adjacent to an activating group) is 1. The van der Waals surface area contributed by atoms with Crippen LogP contribution < -0.4 is 41.9 Å². The van der Waals surface area contributed by atoms with Gasteiger partial charge in [0.05, 0.1) is 11.5 Å². The van der Waals surface area contributed by atoms with Gasteiger partial charge in [-0.2, -0.15) is 8.42 Å². The number of amides is 2. The molecular formula is C47H60ClN9O13S. The van der Waals surface area contributed by atoms with Crippen LogP contribution in [0.5, 0.6) is 17.2 Å². The Morgan fingerprint density at radius 2 is 1.56 bits per heavy atom. The van der Waals surface area contributed by atoms with Crippen LogP contribution in [-0.4, -0.2) is 131 Å². The molecule has 24 heteroatoms. The molecule has 2 amide bonds. The maximum Gasteiger partial charge on any atom is 0.326 e. The van der Waals surface area contributed by atoms with Crippen molar-refractivity contribution >= 4 is 57.0 Å². The highest BCUT2D eigenvalue weighted by atomic mass is 35.5. The van der Waals surface area contributed by atoms with E-state index < -0.39 is 107 Å². The lowest BCUT2D eigenvalue weighted by molar-refractivity contribution is -0.143. The Morgan fingerprint density at radius 3 is 2.13 bits per heavy atom. The molecule has 0 unspecified atom stereocenters. The van der Waals surface area contributed by atoms with E-state index in [-0.39, 0.29) is 82.1 Å². The summed E-state index contributed by atoms with van der Waals surface area (Å²) in [5, 5.41) is 50.1. The second kappa shape index (κ2) is 23.3. The number of aromatic nitrogens is 2. The SMILES string of the molecule is C[C@@H]1CC(=O)[C@@H](N(C)C(=O)[C@H](CNS(N)(=O)=O)CC(=O)c2c(N)nc(-c3ccc(C(C)(C)C)cc3)nc2Cl)c2cc(OC[C@H](O)CN)c(O)c(c2)-c2cc(ccc2OC[C@H](O)CN)C[C@@H](C(=O)O)NC1=O. The van der Waals surface area contributed by atoms with E-state index in [0.29, 0.717) is 11.1 Å². The summed E-state index contributed by atoms with van der Waals surface area (Å²) >= 11 is 6.59. The average Bonchev–Trinajstić information content (AvgIpc) is 3.30. The number of carbonyl (C=O) groups excluding carboxylic acids is 4. The Balaban J connectivity index is 1.67. The van der Waals surface area contributed by atoms with Crippen LogP contribution in [-0.2, 0) is 41.2 Å². The van der Waals surface area contributed by atoms with Crippen molar-refractivity contribution in [1.82, 2.24) is 24.9 Å². The number of aliphatic carboxylic acids is 1. The quantitative estimate of drug-likeness (QED) is 0.0497. The molecular weight excluding hydrogens is 966 g/mol. The highest BCUT2D eigenvalue weighted by Gasteiger charge is 2.38. The molecule has 5 rings (SSSR count). The maximum atomic E-state index is 14.9. The third kappa shape index (κ3) is 14.2. The number of carboxylic acid groups (broad SMARTS) is 1. The zero-order valence-electron chi connectivity index (χ0n) is 39.7. The summed E-state index contributed by atoms with van der Waals surface area (Å²) in [5.74, 6) is -9.01. The smallest absolute Gasteiger partial charge is 0.326 e. The molecule has 1 aliphatic rings. The monoisotopic (exact) mass is 1030 g/mol. The zero-order chi connectivity index (χ0) is 52.7. The summed E-state index contributed by atoms with van der Waals surface area (Å²) in [6.07, 6.45) is -4.10. The largest absolute Gasteiger partial charge is 0.504 e. The van der Waals surface area contributed by atoms with E-state index in [0.717, 1.165) is 10.5 Å². The topological polar surface area (TPSA) is 376 Å². The van der Waals surface area contributed by atoms with E-state index in [1.54, 1.807) is 12.1 Å². The predicted molar refractivity (Wildman–Crippen MR) is 261 cm³/mol. The number of phenols is 1. The molecule has 384 valence electrons. The molecule has 6 atom stereocenters. The first-order valence-corrected chi connectivity index (χ1v) is 24.2. The first-order valence-electron chi connectivity index (χ1n) is 22.3. The number of fused-ring (bicyclic) bond motifs is 5. The van der Waals surface area contributed by atoms with Crippen LogP contribution in [0.3, 0.4) is 0 Å². The Labute approximate surface area is 415 Å². The molecule has 14 N–H and O–H groups in total. The van der Waals surface area contributed by atoms with Crippen molar-refractivity contribution < 1.29 is 62.3 Å². The molecule has 0 radical (unpaired) electrons. The number of aromatic hydroxyl groups is 1. The summed E-state index contributed by atoms with van der Waals surface area (Å²) < 4.78 is 38.4. The molecule has 0 fully saturated rings. The molecule has 4 aromatic rings. The highest BCUT2D eigenvalue weighted by Crippen LogP contribution is 2.45. The van der Waals surface area contributed by atoms with Crippen LogP contribution in [0.15, 0.2) is 54.6 Å². The average molecular weight is 1030 g/mol. The minimum atomic E-state index is -4.52. The van der Waals surface area contributed by atoms with Gasteiger partial charge in [-0.05, 0) is 46.4 Å². The van der Waals surface area contributed by atoms with Crippen molar-refractivity contribution in [2.24, 2.45) is 28.4 Å². The molecule has 22 nitrogen and oxygen atoms in total. The van der Waals surface area contributed by atoms with Crippen LogP contribution in [0.4, 0.5) is 5.82 Å². The predicted octanol–water partition coefficient (Wildman–Crippen LogP) is 1.35. The van der Waals surface area contributed by atoms with Gasteiger partial charge in [-0.3, -0.25) is 19.2 Å². The number of ketones is 2. The number of halogens is 1. The van der Waals surface area contributed by atoms with Gasteiger partial charge in [0.2, 0.25) is 11.8 Å². The normalized spacial score (nSPS) is 17.8. The number of rotatable bonds is 18. The summed E-state index contributed by atoms with van der Waals surface area (Å²) in [6, 6.07) is 10.9. The van der Waals surface area contributed by atoms with Crippen molar-refractivity contribution in [3.8, 4) is 39.8 Å². The lowest BCUT2D eigenvalue weighted by Crippen LogP contribution is -2.46. The van der Waals surface area contributed by atoms with E-state index in [9.17, 15) is 52.8 Å². The van der Waals surface area contributed by atoms with Gasteiger partial charge in [0.25, 0.3) is 10.2 Å². The number of nitrogens with zero attached hydrogens (tertiary/aromatic N) is 3. The highest BCUT2D eigenvalue weighted by molar-refractivity contribution is 7.87. The standard InChI is InChI=1S/C47H60ClN9O13S/c1-23-12-35(61)39(57(5)45(64)27(20-53-71(52,67)68)16-34(60)38-41(48)55-43(56-42(38)51)25-7-9-28(10-8-25)47(2,3)4)26-15-32(40(62)37(17-26)70-22-30(59)19-50)31-13-24(14-33(46(65)66)54-44(23)63)6-11-36(31)69-21-29(58)18-49/h6-11,13,15,17,23,27,29-30,33,39,53,58-59,62H,12,14,16,18-22,49-50H2,1-5H3,(H,54,63)(H,65,66)(H2,51,55,56)(H2,52,67,68)/t23-,27+,29-,30-,33+,39+/m1/s1. The Bertz CT molecular complexity index is 2730. The van der Waals surface area contributed by atoms with Gasteiger partial charge < -0.3 is 57.3 Å². The maximum absolute atomic E-state index is 14.9. The second-order valence-corrected chi connectivity index (χ2v) is 20.1. The number of nitrogens with two attached hydrogens (primary N) is 4. The van der Waals surface area contributed by atoms with Crippen molar-refractivity contribution in [2.45, 2.75) is 76.7 Å². The Morgan fingerprint density at radius 1 is 0.944 bits per heavy atom. The molecule has 71 heavy (non-hydrogen) atoms. The van der Waals surface area contributed by atoms with E-state index >= 15 is 0 Å². The van der Waals surface area contributed by atoms with Gasteiger partial charge in [-0.15, -0.1) is 0 Å². The van der Waals surface area contributed by atoms with Crippen LogP contribution in [0.1, 0.15) is 73.6 Å². The zero-order valence-corrected chi connectivity index (χ0v) is 41.3. The lowest BCUT2D eigenvalue weighted by atomic mass is 9.86.